The third kappa shape index (κ3) is 2.03. The Hall–Kier alpha value is -1.01. The van der Waals surface area contributed by atoms with E-state index in [9.17, 15) is 17.2 Å². The van der Waals surface area contributed by atoms with Gasteiger partial charge in [0.1, 0.15) is 16.5 Å². The van der Waals surface area contributed by atoms with Crippen molar-refractivity contribution in [1.29, 1.82) is 0 Å². The molecule has 1 fully saturated rings. The monoisotopic (exact) mass is 275 g/mol. The lowest BCUT2D eigenvalue weighted by Gasteiger charge is -2.20. The van der Waals surface area contributed by atoms with Crippen molar-refractivity contribution in [3.63, 3.8) is 0 Å². The van der Waals surface area contributed by atoms with Gasteiger partial charge in [-0.3, -0.25) is 0 Å². The summed E-state index contributed by atoms with van der Waals surface area (Å²) in [7, 11) is -3.91. The van der Waals surface area contributed by atoms with Crippen LogP contribution in [0.3, 0.4) is 0 Å². The van der Waals surface area contributed by atoms with E-state index in [1.165, 1.54) is 0 Å². The molecule has 0 spiro atoms. The van der Waals surface area contributed by atoms with Crippen molar-refractivity contribution in [2.24, 2.45) is 5.73 Å². The molecule has 18 heavy (non-hydrogen) atoms. The fourth-order valence-electron chi connectivity index (χ4n) is 2.34. The zero-order valence-electron chi connectivity index (χ0n) is 10.2. The van der Waals surface area contributed by atoms with E-state index in [0.29, 0.717) is 5.56 Å². The molecule has 6 heteroatoms. The average Bonchev–Trinajstić information content (AvgIpc) is 2.93. The summed E-state index contributed by atoms with van der Waals surface area (Å²) in [6.07, 6.45) is 2.32. The highest BCUT2D eigenvalue weighted by atomic mass is 32.2. The fourth-order valence-corrected chi connectivity index (χ4v) is 3.17. The highest BCUT2D eigenvalue weighted by Crippen LogP contribution is 2.50. The predicted molar refractivity (Wildman–Crippen MR) is 64.0 cm³/mol. The lowest BCUT2D eigenvalue weighted by Crippen LogP contribution is -2.31. The number of sulfone groups is 1. The number of hydrogen-bond donors (Lipinski definition) is 1. The van der Waals surface area contributed by atoms with Crippen LogP contribution in [0, 0.1) is 11.6 Å². The first-order chi connectivity index (χ1) is 8.18. The van der Waals surface area contributed by atoms with E-state index in [-0.39, 0.29) is 6.04 Å². The number of benzene rings is 1. The molecule has 2 N–H and O–H groups in total. The molecule has 1 aromatic carbocycles. The first-order valence-corrected chi connectivity index (χ1v) is 7.53. The molecule has 0 aromatic heterocycles. The molecule has 1 saturated carbocycles. The van der Waals surface area contributed by atoms with Crippen LogP contribution in [-0.2, 0) is 15.3 Å². The third-order valence-corrected chi connectivity index (χ3v) is 4.74. The largest absolute Gasteiger partial charge is 0.327 e. The van der Waals surface area contributed by atoms with Gasteiger partial charge in [0.2, 0.25) is 0 Å². The number of halogens is 2. The standard InChI is InChI=1S/C12H15F2NO2S/c1-7(15)12(3-4-12)8-5-9(13)11(10(14)6-8)18(2,16)17/h5-7H,3-4,15H2,1-2H3. The highest BCUT2D eigenvalue weighted by Gasteiger charge is 2.48. The maximum atomic E-state index is 13.8. The quantitative estimate of drug-likeness (QED) is 0.914. The summed E-state index contributed by atoms with van der Waals surface area (Å²) in [4.78, 5) is -0.869. The van der Waals surface area contributed by atoms with Crippen molar-refractivity contribution < 1.29 is 17.2 Å². The molecule has 0 amide bonds. The summed E-state index contributed by atoms with van der Waals surface area (Å²) >= 11 is 0. The maximum Gasteiger partial charge on any atom is 0.181 e. The van der Waals surface area contributed by atoms with Crippen LogP contribution in [0.15, 0.2) is 17.0 Å². The van der Waals surface area contributed by atoms with Crippen LogP contribution in [0.5, 0.6) is 0 Å². The van der Waals surface area contributed by atoms with Gasteiger partial charge in [0.05, 0.1) is 0 Å². The zero-order chi connectivity index (χ0) is 13.7. The smallest absolute Gasteiger partial charge is 0.181 e. The Morgan fingerprint density at radius 3 is 2.00 bits per heavy atom. The van der Waals surface area contributed by atoms with Gasteiger partial charge in [0.15, 0.2) is 9.84 Å². The second-order valence-electron chi connectivity index (χ2n) is 4.99. The van der Waals surface area contributed by atoms with Crippen molar-refractivity contribution in [3.8, 4) is 0 Å². The Morgan fingerprint density at radius 2 is 1.72 bits per heavy atom. The molecule has 0 bridgehead atoms. The Labute approximate surface area is 105 Å². The van der Waals surface area contributed by atoms with Gasteiger partial charge in [0, 0.05) is 17.7 Å². The van der Waals surface area contributed by atoms with E-state index in [0.717, 1.165) is 31.2 Å². The first kappa shape index (κ1) is 13.4. The second-order valence-corrected chi connectivity index (χ2v) is 6.94. The van der Waals surface area contributed by atoms with Crippen molar-refractivity contribution in [2.75, 3.05) is 6.26 Å². The average molecular weight is 275 g/mol. The summed E-state index contributed by atoms with van der Waals surface area (Å²) in [6.45, 7) is 1.79. The van der Waals surface area contributed by atoms with Gasteiger partial charge >= 0.3 is 0 Å². The molecular formula is C12H15F2NO2S. The molecule has 1 unspecified atom stereocenters. The van der Waals surface area contributed by atoms with E-state index in [1.807, 2.05) is 0 Å². The van der Waals surface area contributed by atoms with Gasteiger partial charge in [-0.25, -0.2) is 17.2 Å². The van der Waals surface area contributed by atoms with Crippen LogP contribution in [0.1, 0.15) is 25.3 Å². The van der Waals surface area contributed by atoms with Crippen molar-refractivity contribution in [3.05, 3.63) is 29.3 Å². The molecule has 3 nitrogen and oxygen atoms in total. The lowest BCUT2D eigenvalue weighted by molar-refractivity contribution is 0.501. The second kappa shape index (κ2) is 3.99. The Morgan fingerprint density at radius 1 is 1.28 bits per heavy atom. The first-order valence-electron chi connectivity index (χ1n) is 5.63. The molecule has 0 heterocycles. The summed E-state index contributed by atoms with van der Waals surface area (Å²) < 4.78 is 50.1. The van der Waals surface area contributed by atoms with E-state index < -0.39 is 31.8 Å². The molecule has 0 radical (unpaired) electrons. The Balaban J connectivity index is 2.58. The van der Waals surface area contributed by atoms with E-state index in [1.54, 1.807) is 6.92 Å². The van der Waals surface area contributed by atoms with Gasteiger partial charge in [0.25, 0.3) is 0 Å². The highest BCUT2D eigenvalue weighted by molar-refractivity contribution is 7.90. The minimum absolute atomic E-state index is 0.222. The molecule has 1 aliphatic carbocycles. The van der Waals surface area contributed by atoms with Crippen LogP contribution in [0.4, 0.5) is 8.78 Å². The van der Waals surface area contributed by atoms with Gasteiger partial charge in [-0.05, 0) is 37.5 Å². The molecule has 0 saturated heterocycles. The fraction of sp³-hybridized carbons (Fsp3) is 0.500. The number of nitrogens with two attached hydrogens (primary N) is 1. The van der Waals surface area contributed by atoms with Gasteiger partial charge < -0.3 is 5.73 Å². The molecular weight excluding hydrogens is 260 g/mol. The van der Waals surface area contributed by atoms with E-state index in [4.69, 9.17) is 5.73 Å². The van der Waals surface area contributed by atoms with Gasteiger partial charge in [-0.2, -0.15) is 0 Å². The minimum atomic E-state index is -3.91. The van der Waals surface area contributed by atoms with Crippen LogP contribution in [0.25, 0.3) is 0 Å². The van der Waals surface area contributed by atoms with Crippen LogP contribution >= 0.6 is 0 Å². The van der Waals surface area contributed by atoms with Gasteiger partial charge in [-0.1, -0.05) is 0 Å². The molecule has 1 atom stereocenters. The van der Waals surface area contributed by atoms with Gasteiger partial charge in [-0.15, -0.1) is 0 Å². The Bertz CT molecular complexity index is 569. The lowest BCUT2D eigenvalue weighted by atomic mass is 9.89. The summed E-state index contributed by atoms with van der Waals surface area (Å²) in [5.74, 6) is -2.08. The summed E-state index contributed by atoms with van der Waals surface area (Å²) in [5, 5.41) is 0. The zero-order valence-corrected chi connectivity index (χ0v) is 11.0. The number of rotatable bonds is 3. The van der Waals surface area contributed by atoms with Crippen molar-refractivity contribution in [1.82, 2.24) is 0 Å². The topological polar surface area (TPSA) is 60.2 Å². The van der Waals surface area contributed by atoms with Crippen LogP contribution < -0.4 is 5.73 Å². The summed E-state index contributed by atoms with van der Waals surface area (Å²) in [6, 6.07) is 1.96. The SMILES string of the molecule is CC(N)C1(c2cc(F)c(S(C)(=O)=O)c(F)c2)CC1. The molecule has 100 valence electrons. The van der Waals surface area contributed by atoms with Crippen LogP contribution in [0.2, 0.25) is 0 Å². The Kier molecular flexibility index (Phi) is 2.98. The van der Waals surface area contributed by atoms with Crippen LogP contribution in [-0.4, -0.2) is 20.7 Å². The molecule has 0 aliphatic heterocycles. The number of hydrogen-bond acceptors (Lipinski definition) is 3. The van der Waals surface area contributed by atoms with E-state index in [2.05, 4.69) is 0 Å². The van der Waals surface area contributed by atoms with Crippen molar-refractivity contribution >= 4 is 9.84 Å². The van der Waals surface area contributed by atoms with E-state index >= 15 is 0 Å². The normalized spacial score (nSPS) is 19.6. The molecule has 2 rings (SSSR count). The maximum absolute atomic E-state index is 13.8. The summed E-state index contributed by atoms with van der Waals surface area (Å²) in [5.41, 5.74) is 5.86. The minimum Gasteiger partial charge on any atom is -0.327 e. The third-order valence-electron chi connectivity index (χ3n) is 3.60. The molecule has 1 aliphatic rings. The predicted octanol–water partition coefficient (Wildman–Crippen LogP) is 1.75. The molecule has 1 aromatic rings. The van der Waals surface area contributed by atoms with Crippen molar-refractivity contribution in [2.45, 2.75) is 36.1 Å².